The summed E-state index contributed by atoms with van der Waals surface area (Å²) in [4.78, 5) is 13.0. The van der Waals surface area contributed by atoms with Gasteiger partial charge in [0.15, 0.2) is 0 Å². The molecule has 1 aromatic rings. The van der Waals surface area contributed by atoms with Gasteiger partial charge in [0.25, 0.3) is 0 Å². The van der Waals surface area contributed by atoms with Gasteiger partial charge in [-0.05, 0) is 50.3 Å². The van der Waals surface area contributed by atoms with Crippen molar-refractivity contribution in [3.8, 4) is 5.75 Å². The second-order valence-corrected chi connectivity index (χ2v) is 5.88. The van der Waals surface area contributed by atoms with Crippen LogP contribution >= 0.6 is 0 Å². The first-order valence-electron chi connectivity index (χ1n) is 7.72. The van der Waals surface area contributed by atoms with Crippen molar-refractivity contribution >= 4 is 5.97 Å². The summed E-state index contributed by atoms with van der Waals surface area (Å²) in [6, 6.07) is 6.83. The van der Waals surface area contributed by atoms with Crippen molar-refractivity contribution in [2.24, 2.45) is 0 Å². The fourth-order valence-corrected chi connectivity index (χ4v) is 2.47. The average Bonchev–Trinajstić information content (AvgIpc) is 3.26. The molecule has 0 spiro atoms. The maximum absolute atomic E-state index is 10.7. The van der Waals surface area contributed by atoms with Crippen molar-refractivity contribution in [3.05, 3.63) is 29.3 Å². The third-order valence-corrected chi connectivity index (χ3v) is 3.87. The number of carbonyl (C=O) groups is 1. The van der Waals surface area contributed by atoms with Crippen LogP contribution < -0.4 is 4.74 Å². The second-order valence-electron chi connectivity index (χ2n) is 5.88. The average molecular weight is 291 g/mol. The molecule has 0 radical (unpaired) electrons. The van der Waals surface area contributed by atoms with Crippen molar-refractivity contribution in [3.63, 3.8) is 0 Å². The molecule has 4 heteroatoms. The Labute approximate surface area is 126 Å². The van der Waals surface area contributed by atoms with Gasteiger partial charge in [-0.15, -0.1) is 0 Å². The molecule has 1 saturated carbocycles. The smallest absolute Gasteiger partial charge is 0.304 e. The zero-order chi connectivity index (χ0) is 15.2. The van der Waals surface area contributed by atoms with Gasteiger partial charge in [0.05, 0.1) is 13.0 Å². The second kappa shape index (κ2) is 7.46. The highest BCUT2D eigenvalue weighted by molar-refractivity contribution is 5.66. The summed E-state index contributed by atoms with van der Waals surface area (Å²) in [5.74, 6) is 0.241. The van der Waals surface area contributed by atoms with E-state index in [1.165, 1.54) is 18.4 Å². The number of benzene rings is 1. The van der Waals surface area contributed by atoms with Gasteiger partial charge in [-0.25, -0.2) is 0 Å². The van der Waals surface area contributed by atoms with Crippen LogP contribution in [0.4, 0.5) is 0 Å². The van der Waals surface area contributed by atoms with E-state index in [0.29, 0.717) is 19.2 Å². The minimum atomic E-state index is -0.715. The first-order valence-corrected chi connectivity index (χ1v) is 7.72. The lowest BCUT2D eigenvalue weighted by Gasteiger charge is -2.21. The highest BCUT2D eigenvalue weighted by Crippen LogP contribution is 2.27. The van der Waals surface area contributed by atoms with Crippen LogP contribution in [0.5, 0.6) is 5.75 Å². The van der Waals surface area contributed by atoms with Gasteiger partial charge in [-0.1, -0.05) is 12.1 Å². The Balaban J connectivity index is 1.72. The molecule has 0 atom stereocenters. The molecule has 0 aliphatic heterocycles. The van der Waals surface area contributed by atoms with Crippen LogP contribution in [0.2, 0.25) is 0 Å². The summed E-state index contributed by atoms with van der Waals surface area (Å²) in [5.41, 5.74) is 2.36. The predicted octanol–water partition coefficient (Wildman–Crippen LogP) is 3.01. The molecule has 21 heavy (non-hydrogen) atoms. The number of ether oxygens (including phenoxy) is 1. The van der Waals surface area contributed by atoms with E-state index in [4.69, 9.17) is 9.84 Å². The number of rotatable bonds is 9. The minimum absolute atomic E-state index is 0.231. The number of aryl methyl sites for hydroxylation is 2. The number of carboxylic acids is 1. The molecule has 0 saturated heterocycles. The lowest BCUT2D eigenvalue weighted by Crippen LogP contribution is -2.30. The largest absolute Gasteiger partial charge is 0.493 e. The summed E-state index contributed by atoms with van der Waals surface area (Å²) in [6.07, 6.45) is 3.58. The molecule has 0 aromatic heterocycles. The zero-order valence-corrected chi connectivity index (χ0v) is 13.0. The summed E-state index contributed by atoms with van der Waals surface area (Å²) in [7, 11) is 0. The van der Waals surface area contributed by atoms with Gasteiger partial charge in [-0.2, -0.15) is 0 Å². The van der Waals surface area contributed by atoms with E-state index in [1.807, 2.05) is 0 Å². The highest BCUT2D eigenvalue weighted by atomic mass is 16.5. The fraction of sp³-hybridized carbons (Fsp3) is 0.588. The standard InChI is InChI=1S/C17H25NO3/c1-13-4-5-14(2)16(12-13)21-11-3-9-18(15-6-7-15)10-8-17(19)20/h4-5,12,15H,3,6-11H2,1-2H3,(H,19,20). The molecule has 0 unspecified atom stereocenters. The Hall–Kier alpha value is -1.55. The molecule has 0 heterocycles. The van der Waals surface area contributed by atoms with Crippen LogP contribution in [-0.2, 0) is 4.79 Å². The van der Waals surface area contributed by atoms with Crippen molar-refractivity contribution in [2.75, 3.05) is 19.7 Å². The molecule has 116 valence electrons. The molecule has 1 aliphatic rings. The van der Waals surface area contributed by atoms with Crippen molar-refractivity contribution < 1.29 is 14.6 Å². The summed E-state index contributed by atoms with van der Waals surface area (Å²) < 4.78 is 5.85. The normalized spacial score (nSPS) is 14.4. The van der Waals surface area contributed by atoms with Crippen molar-refractivity contribution in [1.82, 2.24) is 4.90 Å². The number of aliphatic carboxylic acids is 1. The number of nitrogens with zero attached hydrogens (tertiary/aromatic N) is 1. The van der Waals surface area contributed by atoms with Crippen LogP contribution in [-0.4, -0.2) is 41.7 Å². The van der Waals surface area contributed by atoms with E-state index >= 15 is 0 Å². The van der Waals surface area contributed by atoms with E-state index in [0.717, 1.165) is 24.3 Å². The monoisotopic (exact) mass is 291 g/mol. The van der Waals surface area contributed by atoms with Gasteiger partial charge >= 0.3 is 5.97 Å². The van der Waals surface area contributed by atoms with Crippen LogP contribution in [0.3, 0.4) is 0 Å². The Morgan fingerprint density at radius 2 is 2.10 bits per heavy atom. The van der Waals surface area contributed by atoms with Crippen LogP contribution in [0.1, 0.15) is 36.8 Å². The fourth-order valence-electron chi connectivity index (χ4n) is 2.47. The van der Waals surface area contributed by atoms with Crippen LogP contribution in [0.25, 0.3) is 0 Å². The maximum atomic E-state index is 10.7. The minimum Gasteiger partial charge on any atom is -0.493 e. The molecule has 2 rings (SSSR count). The lowest BCUT2D eigenvalue weighted by atomic mass is 10.1. The summed E-state index contributed by atoms with van der Waals surface area (Å²) in [6.45, 7) is 6.37. The zero-order valence-electron chi connectivity index (χ0n) is 13.0. The highest BCUT2D eigenvalue weighted by Gasteiger charge is 2.28. The quantitative estimate of drug-likeness (QED) is 0.711. The third-order valence-electron chi connectivity index (χ3n) is 3.87. The molecular formula is C17H25NO3. The van der Waals surface area contributed by atoms with Gasteiger partial charge in [-0.3, -0.25) is 9.69 Å². The van der Waals surface area contributed by atoms with Gasteiger partial charge < -0.3 is 9.84 Å². The lowest BCUT2D eigenvalue weighted by molar-refractivity contribution is -0.137. The number of hydrogen-bond acceptors (Lipinski definition) is 3. The van der Waals surface area contributed by atoms with Crippen LogP contribution in [0.15, 0.2) is 18.2 Å². The Morgan fingerprint density at radius 3 is 2.76 bits per heavy atom. The first-order chi connectivity index (χ1) is 10.1. The van der Waals surface area contributed by atoms with E-state index in [-0.39, 0.29) is 6.42 Å². The predicted molar refractivity (Wildman–Crippen MR) is 82.9 cm³/mol. The van der Waals surface area contributed by atoms with E-state index in [9.17, 15) is 4.79 Å². The summed E-state index contributed by atoms with van der Waals surface area (Å²) >= 11 is 0. The van der Waals surface area contributed by atoms with Crippen LogP contribution in [0, 0.1) is 13.8 Å². The van der Waals surface area contributed by atoms with Crippen molar-refractivity contribution in [2.45, 2.75) is 45.6 Å². The number of carboxylic acid groups (broad SMARTS) is 1. The molecule has 1 N–H and O–H groups in total. The van der Waals surface area contributed by atoms with Gasteiger partial charge in [0.2, 0.25) is 0 Å². The molecule has 0 amide bonds. The Kier molecular flexibility index (Phi) is 5.62. The SMILES string of the molecule is Cc1ccc(C)c(OCCCN(CCC(=O)O)C2CC2)c1. The Bertz CT molecular complexity index is 483. The molecule has 4 nitrogen and oxygen atoms in total. The van der Waals surface area contributed by atoms with E-state index < -0.39 is 5.97 Å². The van der Waals surface area contributed by atoms with E-state index in [2.05, 4.69) is 36.9 Å². The first kappa shape index (κ1) is 15.8. The van der Waals surface area contributed by atoms with E-state index in [1.54, 1.807) is 0 Å². The number of hydrogen-bond donors (Lipinski definition) is 1. The molecule has 1 aromatic carbocycles. The molecule has 1 aliphatic carbocycles. The molecular weight excluding hydrogens is 266 g/mol. The molecule has 1 fully saturated rings. The van der Waals surface area contributed by atoms with Gasteiger partial charge in [0.1, 0.15) is 5.75 Å². The topological polar surface area (TPSA) is 49.8 Å². The maximum Gasteiger partial charge on any atom is 0.304 e. The molecule has 0 bridgehead atoms. The van der Waals surface area contributed by atoms with Crippen molar-refractivity contribution in [1.29, 1.82) is 0 Å². The third kappa shape index (κ3) is 5.38. The van der Waals surface area contributed by atoms with Gasteiger partial charge in [0, 0.05) is 19.1 Å². The summed E-state index contributed by atoms with van der Waals surface area (Å²) in [5, 5.41) is 8.79. The Morgan fingerprint density at radius 1 is 1.33 bits per heavy atom.